The van der Waals surface area contributed by atoms with E-state index in [4.69, 9.17) is 9.47 Å². The van der Waals surface area contributed by atoms with Crippen LogP contribution in [0.25, 0.3) is 0 Å². The van der Waals surface area contributed by atoms with Crippen LogP contribution < -0.4 is 15.4 Å². The van der Waals surface area contributed by atoms with Gasteiger partial charge >= 0.3 is 0 Å². The van der Waals surface area contributed by atoms with Crippen LogP contribution in [0.5, 0.6) is 11.5 Å². The molecule has 1 atom stereocenters. The Kier molecular flexibility index (Phi) is 10.7. The van der Waals surface area contributed by atoms with Crippen LogP contribution in [-0.4, -0.2) is 41.9 Å². The van der Waals surface area contributed by atoms with Crippen molar-refractivity contribution in [1.29, 1.82) is 0 Å². The first kappa shape index (κ1) is 26.2. The van der Waals surface area contributed by atoms with Crippen LogP contribution in [0.1, 0.15) is 11.3 Å². The van der Waals surface area contributed by atoms with Gasteiger partial charge in [0.25, 0.3) is 0 Å². The van der Waals surface area contributed by atoms with Gasteiger partial charge in [0.2, 0.25) is 5.91 Å². The topological polar surface area (TPSA) is 105 Å². The second-order valence-corrected chi connectivity index (χ2v) is 7.75. The predicted octanol–water partition coefficient (Wildman–Crippen LogP) is 4.37. The minimum absolute atomic E-state index is 0.146. The molecule has 186 valence electrons. The van der Waals surface area contributed by atoms with E-state index in [1.807, 2.05) is 92.0 Å². The number of nitrogens with one attached hydrogen (secondary N) is 3. The molecule has 1 amide bonds. The van der Waals surface area contributed by atoms with Crippen molar-refractivity contribution in [3.05, 3.63) is 109 Å². The number of aromatic nitrogens is 2. The highest BCUT2D eigenvalue weighted by molar-refractivity contribution is 5.81. The number of anilines is 1. The number of nitrogens with zero attached hydrogens (tertiary/aromatic N) is 1. The molecule has 0 spiro atoms. The van der Waals surface area contributed by atoms with Gasteiger partial charge in [-0.3, -0.25) is 4.79 Å². The molecule has 4 rings (SSSR count). The second-order valence-electron chi connectivity index (χ2n) is 7.75. The summed E-state index contributed by atoms with van der Waals surface area (Å²) in [4.78, 5) is 29.4. The highest BCUT2D eigenvalue weighted by Gasteiger charge is 2.12. The van der Waals surface area contributed by atoms with Crippen LogP contribution in [0, 0.1) is 0 Å². The molecule has 0 aliphatic heterocycles. The maximum atomic E-state index is 11.7. The summed E-state index contributed by atoms with van der Waals surface area (Å²) in [5.74, 6) is 1.45. The Hall–Kier alpha value is -4.43. The zero-order valence-corrected chi connectivity index (χ0v) is 20.1. The Morgan fingerprint density at radius 2 is 1.64 bits per heavy atom. The molecule has 0 bridgehead atoms. The van der Waals surface area contributed by atoms with Crippen LogP contribution in [0.4, 0.5) is 5.69 Å². The van der Waals surface area contributed by atoms with Crippen molar-refractivity contribution in [3.8, 4) is 11.5 Å². The van der Waals surface area contributed by atoms with Crippen molar-refractivity contribution < 1.29 is 19.1 Å². The molecule has 0 radical (unpaired) electrons. The van der Waals surface area contributed by atoms with Gasteiger partial charge in [-0.2, -0.15) is 0 Å². The number of hydrogen-bond donors (Lipinski definition) is 3. The first-order valence-electron chi connectivity index (χ1n) is 11.5. The molecule has 8 heteroatoms. The van der Waals surface area contributed by atoms with Crippen molar-refractivity contribution in [1.82, 2.24) is 15.3 Å². The molecule has 1 aromatic heterocycles. The van der Waals surface area contributed by atoms with Crippen LogP contribution in [-0.2, 0) is 27.4 Å². The number of rotatable bonds is 11. The third-order valence-electron chi connectivity index (χ3n) is 4.95. The lowest BCUT2D eigenvalue weighted by Gasteiger charge is -2.13. The molecule has 36 heavy (non-hydrogen) atoms. The molecule has 4 aromatic rings. The van der Waals surface area contributed by atoms with Gasteiger partial charge in [-0.05, 0) is 42.0 Å². The summed E-state index contributed by atoms with van der Waals surface area (Å²) < 4.78 is 11.1. The minimum atomic E-state index is -0.649. The van der Waals surface area contributed by atoms with E-state index in [0.717, 1.165) is 22.7 Å². The average Bonchev–Trinajstić information content (AvgIpc) is 3.43. The highest BCUT2D eigenvalue weighted by Crippen LogP contribution is 2.22. The maximum absolute atomic E-state index is 11.7. The first-order chi connectivity index (χ1) is 17.7. The monoisotopic (exact) mass is 486 g/mol. The number of carbonyl (C=O) groups is 2. The Morgan fingerprint density at radius 1 is 0.972 bits per heavy atom. The predicted molar refractivity (Wildman–Crippen MR) is 139 cm³/mol. The van der Waals surface area contributed by atoms with Crippen molar-refractivity contribution in [3.63, 3.8) is 0 Å². The number of ether oxygens (including phenoxy) is 2. The van der Waals surface area contributed by atoms with Crippen LogP contribution in [0.15, 0.2) is 97.5 Å². The van der Waals surface area contributed by atoms with E-state index in [1.54, 1.807) is 6.20 Å². The smallest absolute Gasteiger partial charge is 0.226 e. The van der Waals surface area contributed by atoms with Gasteiger partial charge in [0, 0.05) is 24.6 Å². The maximum Gasteiger partial charge on any atom is 0.226 e. The Labute approximate surface area is 210 Å². The van der Waals surface area contributed by atoms with E-state index >= 15 is 0 Å². The number of hydrogen-bond acceptors (Lipinski definition) is 6. The number of carbonyl (C=O) groups excluding carboxylic acids is 2. The number of amides is 1. The van der Waals surface area contributed by atoms with Crippen LogP contribution in [0.2, 0.25) is 0 Å². The molecule has 0 saturated heterocycles. The summed E-state index contributed by atoms with van der Waals surface area (Å²) in [7, 11) is 1.90. The highest BCUT2D eigenvalue weighted by atomic mass is 16.5. The molecule has 3 aromatic carbocycles. The van der Waals surface area contributed by atoms with Gasteiger partial charge in [0.15, 0.2) is 0 Å². The van der Waals surface area contributed by atoms with Gasteiger partial charge in [0.05, 0.1) is 26.0 Å². The Bertz CT molecular complexity index is 1150. The average molecular weight is 487 g/mol. The molecule has 8 nitrogen and oxygen atoms in total. The third-order valence-corrected chi connectivity index (χ3v) is 4.95. The lowest BCUT2D eigenvalue weighted by molar-refractivity contribution is -0.124. The van der Waals surface area contributed by atoms with Crippen molar-refractivity contribution in [2.24, 2.45) is 0 Å². The fourth-order valence-corrected chi connectivity index (χ4v) is 3.12. The summed E-state index contributed by atoms with van der Waals surface area (Å²) in [6, 6.07) is 26.6. The number of imidazole rings is 1. The summed E-state index contributed by atoms with van der Waals surface area (Å²) in [5, 5.41) is 5.67. The summed E-state index contributed by atoms with van der Waals surface area (Å²) in [6.07, 6.45) is 3.91. The van der Waals surface area contributed by atoms with E-state index in [0.29, 0.717) is 18.6 Å². The van der Waals surface area contributed by atoms with Crippen LogP contribution in [0.3, 0.4) is 0 Å². The lowest BCUT2D eigenvalue weighted by Crippen LogP contribution is -2.40. The van der Waals surface area contributed by atoms with Gasteiger partial charge in [-0.25, -0.2) is 4.98 Å². The SMILES string of the molecule is CNc1ccc(Oc2ccccc2)cc1.O=CC(COCc1ccccc1)NC(=O)Cc1cnc[nH]1. The van der Waals surface area contributed by atoms with E-state index in [1.165, 1.54) is 6.33 Å². The molecule has 0 saturated carbocycles. The molecule has 3 N–H and O–H groups in total. The van der Waals surface area contributed by atoms with Gasteiger partial charge < -0.3 is 29.9 Å². The number of aldehydes is 1. The molecule has 0 aliphatic rings. The van der Waals surface area contributed by atoms with Crippen molar-refractivity contribution >= 4 is 17.9 Å². The van der Waals surface area contributed by atoms with Gasteiger partial charge in [0.1, 0.15) is 23.8 Å². The van der Waals surface area contributed by atoms with Gasteiger partial charge in [-0.1, -0.05) is 48.5 Å². The Balaban J connectivity index is 0.000000212. The molecular weight excluding hydrogens is 456 g/mol. The standard InChI is InChI=1S/C15H17N3O3.C13H13NO/c19-8-14(10-21-9-12-4-2-1-3-5-12)18-15(20)6-13-7-16-11-17-13;1-14-11-7-9-13(10-8-11)15-12-5-3-2-4-6-12/h1-5,7-8,11,14H,6,9-10H2,(H,16,17)(H,18,20);2-10,14H,1H3. The fourth-order valence-electron chi connectivity index (χ4n) is 3.12. The molecule has 0 aliphatic carbocycles. The van der Waals surface area contributed by atoms with Crippen LogP contribution >= 0.6 is 0 Å². The molecule has 0 fully saturated rings. The third kappa shape index (κ3) is 9.44. The van der Waals surface area contributed by atoms with E-state index in [9.17, 15) is 9.59 Å². The lowest BCUT2D eigenvalue weighted by atomic mass is 10.2. The van der Waals surface area contributed by atoms with E-state index < -0.39 is 6.04 Å². The number of H-pyrrole nitrogens is 1. The molecule has 1 heterocycles. The minimum Gasteiger partial charge on any atom is -0.457 e. The summed E-state index contributed by atoms with van der Waals surface area (Å²) in [5.41, 5.74) is 2.80. The molecule has 1 unspecified atom stereocenters. The first-order valence-corrected chi connectivity index (χ1v) is 11.5. The summed E-state index contributed by atoms with van der Waals surface area (Å²) in [6.45, 7) is 0.550. The normalized spacial score (nSPS) is 10.9. The van der Waals surface area contributed by atoms with E-state index in [-0.39, 0.29) is 18.9 Å². The number of benzene rings is 3. The second kappa shape index (κ2) is 14.7. The number of para-hydroxylation sites is 1. The number of aromatic amines is 1. The Morgan fingerprint density at radius 3 is 2.25 bits per heavy atom. The quantitative estimate of drug-likeness (QED) is 0.272. The zero-order valence-electron chi connectivity index (χ0n) is 20.1. The zero-order chi connectivity index (χ0) is 25.4. The summed E-state index contributed by atoms with van der Waals surface area (Å²) >= 11 is 0. The fraction of sp³-hybridized carbons (Fsp3) is 0.179. The molecular formula is C28H30N4O4. The van der Waals surface area contributed by atoms with E-state index in [2.05, 4.69) is 20.6 Å². The van der Waals surface area contributed by atoms with Gasteiger partial charge in [-0.15, -0.1) is 0 Å². The van der Waals surface area contributed by atoms with Crippen molar-refractivity contribution in [2.45, 2.75) is 19.1 Å². The largest absolute Gasteiger partial charge is 0.457 e. The van der Waals surface area contributed by atoms with Crippen molar-refractivity contribution in [2.75, 3.05) is 19.0 Å².